The van der Waals surface area contributed by atoms with Crippen molar-refractivity contribution in [2.45, 2.75) is 33.4 Å². The van der Waals surface area contributed by atoms with Crippen LogP contribution in [0.4, 0.5) is 0 Å². The number of hydrogen-bond donors (Lipinski definition) is 0. The molecule has 42 heavy (non-hydrogen) atoms. The molecule has 3 aromatic carbocycles. The lowest BCUT2D eigenvalue weighted by molar-refractivity contribution is -0.127. The Morgan fingerprint density at radius 3 is 2.38 bits per heavy atom. The third kappa shape index (κ3) is 6.20. The van der Waals surface area contributed by atoms with Crippen molar-refractivity contribution in [1.29, 1.82) is 0 Å². The summed E-state index contributed by atoms with van der Waals surface area (Å²) in [6.07, 6.45) is 1.76. The molecule has 0 N–H and O–H groups in total. The predicted octanol–water partition coefficient (Wildman–Crippen LogP) is 6.64. The van der Waals surface area contributed by atoms with E-state index in [0.29, 0.717) is 60.1 Å². The summed E-state index contributed by atoms with van der Waals surface area (Å²) in [7, 11) is 0. The minimum absolute atomic E-state index is 0.151. The molecule has 10 heteroatoms. The molecule has 0 bridgehead atoms. The molecule has 0 unspecified atom stereocenters. The topological polar surface area (TPSA) is 63.9 Å². The van der Waals surface area contributed by atoms with E-state index in [1.165, 1.54) is 11.3 Å². The number of amides is 1. The van der Waals surface area contributed by atoms with E-state index >= 15 is 0 Å². The number of benzene rings is 3. The third-order valence-corrected chi connectivity index (χ3v) is 8.74. The molecule has 1 aromatic heterocycles. The summed E-state index contributed by atoms with van der Waals surface area (Å²) >= 11 is 19.9. The third-order valence-electron chi connectivity index (χ3n) is 7.03. The van der Waals surface area contributed by atoms with Crippen LogP contribution in [0, 0.1) is 0 Å². The number of allylic oxidation sites excluding steroid dienone is 1. The maximum atomic E-state index is 14.1. The van der Waals surface area contributed by atoms with Crippen LogP contribution >= 0.6 is 46.1 Å². The number of halogens is 3. The first-order valence-corrected chi connectivity index (χ1v) is 15.4. The van der Waals surface area contributed by atoms with Crippen LogP contribution in [0.5, 0.6) is 5.75 Å². The van der Waals surface area contributed by atoms with Gasteiger partial charge in [0, 0.05) is 33.7 Å². The number of nitrogens with zero attached hydrogens (tertiary/aromatic N) is 3. The van der Waals surface area contributed by atoms with Crippen LogP contribution in [0.25, 0.3) is 6.08 Å². The molecule has 6 nitrogen and oxygen atoms in total. The average Bonchev–Trinajstić information content (AvgIpc) is 3.27. The fraction of sp³-hybridized carbons (Fsp3) is 0.219. The fourth-order valence-electron chi connectivity index (χ4n) is 4.93. The zero-order valence-corrected chi connectivity index (χ0v) is 26.3. The first-order chi connectivity index (χ1) is 20.2. The smallest absolute Gasteiger partial charge is 0.271 e. The van der Waals surface area contributed by atoms with Gasteiger partial charge in [0.25, 0.3) is 11.5 Å². The normalized spacial score (nSPS) is 14.9. The summed E-state index contributed by atoms with van der Waals surface area (Å²) in [5, 5.41) is 1.69. The molecule has 1 aliphatic rings. The molecule has 0 saturated heterocycles. The van der Waals surface area contributed by atoms with Crippen LogP contribution in [0.1, 0.15) is 43.5 Å². The largest absolute Gasteiger partial charge is 0.488 e. The van der Waals surface area contributed by atoms with E-state index < -0.39 is 6.04 Å². The first-order valence-electron chi connectivity index (χ1n) is 13.4. The maximum absolute atomic E-state index is 14.1. The summed E-state index contributed by atoms with van der Waals surface area (Å²) in [6.45, 7) is 7.04. The van der Waals surface area contributed by atoms with Gasteiger partial charge < -0.3 is 9.64 Å². The molecule has 1 aliphatic heterocycles. The van der Waals surface area contributed by atoms with Gasteiger partial charge in [0.05, 0.1) is 21.8 Å². The van der Waals surface area contributed by atoms with Crippen molar-refractivity contribution < 1.29 is 9.53 Å². The van der Waals surface area contributed by atoms with Gasteiger partial charge in [-0.2, -0.15) is 0 Å². The number of carbonyl (C=O) groups is 1. The molecular formula is C32H28Cl3N3O3S. The molecule has 4 aromatic rings. The van der Waals surface area contributed by atoms with Crippen molar-refractivity contribution in [2.75, 3.05) is 13.1 Å². The maximum Gasteiger partial charge on any atom is 0.271 e. The number of likely N-dealkylation sites (N-methyl/N-ethyl adjacent to an activating group) is 1. The summed E-state index contributed by atoms with van der Waals surface area (Å²) in [5.74, 6) is 0.412. The van der Waals surface area contributed by atoms with Gasteiger partial charge in [-0.1, -0.05) is 70.4 Å². The molecule has 2 heterocycles. The van der Waals surface area contributed by atoms with Gasteiger partial charge >= 0.3 is 0 Å². The van der Waals surface area contributed by atoms with Gasteiger partial charge in [0.1, 0.15) is 12.4 Å². The number of hydrogen-bond acceptors (Lipinski definition) is 5. The lowest BCUT2D eigenvalue weighted by Crippen LogP contribution is -2.43. The zero-order chi connectivity index (χ0) is 30.0. The van der Waals surface area contributed by atoms with Crippen LogP contribution in [0.2, 0.25) is 15.1 Å². The van der Waals surface area contributed by atoms with E-state index in [1.807, 2.05) is 51.1 Å². The van der Waals surface area contributed by atoms with Crippen molar-refractivity contribution in [3.8, 4) is 5.75 Å². The van der Waals surface area contributed by atoms with E-state index in [9.17, 15) is 9.59 Å². The number of fused-ring (bicyclic) bond motifs is 1. The Hall–Kier alpha value is -3.36. The van der Waals surface area contributed by atoms with Crippen molar-refractivity contribution in [1.82, 2.24) is 9.47 Å². The van der Waals surface area contributed by atoms with Gasteiger partial charge in [-0.05, 0) is 80.4 Å². The molecule has 1 atom stereocenters. The van der Waals surface area contributed by atoms with Gasteiger partial charge in [-0.3, -0.25) is 14.2 Å². The number of aromatic nitrogens is 1. The highest BCUT2D eigenvalue weighted by Gasteiger charge is 2.34. The lowest BCUT2D eigenvalue weighted by Gasteiger charge is -2.29. The molecule has 1 amide bonds. The van der Waals surface area contributed by atoms with E-state index in [-0.39, 0.29) is 18.1 Å². The van der Waals surface area contributed by atoms with Crippen LogP contribution in [-0.2, 0) is 11.4 Å². The minimum atomic E-state index is -0.660. The SMILES string of the molecule is CCN(CC)C(=O)C1=C(C)N=c2s/c(=C/c3cc(Cl)ccc3OCc3cccc(Cl)c3)c(=O)n2[C@H]1c1ccc(Cl)cc1. The van der Waals surface area contributed by atoms with E-state index in [1.54, 1.807) is 51.9 Å². The second-order valence-corrected chi connectivity index (χ2v) is 12.0. The van der Waals surface area contributed by atoms with Crippen LogP contribution in [0.15, 0.2) is 87.8 Å². The standard InChI is InChI=1S/C32H28Cl3N3O3S/c1-4-37(5-2)31(40)28-19(3)36-32-38(29(28)21-9-11-23(33)12-10-21)30(39)27(42-32)17-22-16-25(35)13-14-26(22)41-18-20-7-6-8-24(34)15-20/h6-17,29H,4-5,18H2,1-3H3/b27-17+/t29-/m0/s1. The average molecular weight is 641 g/mol. The van der Waals surface area contributed by atoms with Crippen molar-refractivity contribution in [3.63, 3.8) is 0 Å². The van der Waals surface area contributed by atoms with Crippen LogP contribution < -0.4 is 19.6 Å². The monoisotopic (exact) mass is 639 g/mol. The Balaban J connectivity index is 1.63. The summed E-state index contributed by atoms with van der Waals surface area (Å²) < 4.78 is 8.15. The molecule has 0 aliphatic carbocycles. The number of rotatable bonds is 8. The van der Waals surface area contributed by atoms with E-state index in [4.69, 9.17) is 44.5 Å². The van der Waals surface area contributed by atoms with Gasteiger partial charge in [0.2, 0.25) is 0 Å². The molecule has 0 radical (unpaired) electrons. The Morgan fingerprint density at radius 2 is 1.69 bits per heavy atom. The zero-order valence-electron chi connectivity index (χ0n) is 23.2. The van der Waals surface area contributed by atoms with Gasteiger partial charge in [-0.25, -0.2) is 4.99 Å². The van der Waals surface area contributed by atoms with E-state index in [2.05, 4.69) is 0 Å². The highest BCUT2D eigenvalue weighted by atomic mass is 35.5. The van der Waals surface area contributed by atoms with Crippen molar-refractivity contribution in [2.24, 2.45) is 4.99 Å². The minimum Gasteiger partial charge on any atom is -0.488 e. The number of carbonyl (C=O) groups excluding carboxylic acids is 1. The van der Waals surface area contributed by atoms with Crippen molar-refractivity contribution in [3.05, 3.63) is 129 Å². The Labute approximate surface area is 262 Å². The molecule has 0 fully saturated rings. The van der Waals surface area contributed by atoms with Gasteiger partial charge in [0.15, 0.2) is 4.80 Å². The highest BCUT2D eigenvalue weighted by Crippen LogP contribution is 2.32. The van der Waals surface area contributed by atoms with Crippen LogP contribution in [-0.4, -0.2) is 28.5 Å². The Bertz CT molecular complexity index is 1860. The fourth-order valence-corrected chi connectivity index (χ4v) is 6.49. The molecule has 0 saturated carbocycles. The quantitative estimate of drug-likeness (QED) is 0.217. The van der Waals surface area contributed by atoms with Crippen molar-refractivity contribution >= 4 is 58.1 Å². The lowest BCUT2D eigenvalue weighted by atomic mass is 9.94. The highest BCUT2D eigenvalue weighted by molar-refractivity contribution is 7.07. The molecule has 5 rings (SSSR count). The second-order valence-electron chi connectivity index (χ2n) is 9.71. The van der Waals surface area contributed by atoms with Gasteiger partial charge in [-0.15, -0.1) is 0 Å². The predicted molar refractivity (Wildman–Crippen MR) is 170 cm³/mol. The summed E-state index contributed by atoms with van der Waals surface area (Å²) in [4.78, 5) is 34.8. The Morgan fingerprint density at radius 1 is 1.00 bits per heavy atom. The number of ether oxygens (including phenoxy) is 1. The molecule has 0 spiro atoms. The summed E-state index contributed by atoms with van der Waals surface area (Å²) in [6, 6.07) is 19.3. The van der Waals surface area contributed by atoms with Crippen LogP contribution in [0.3, 0.4) is 0 Å². The van der Waals surface area contributed by atoms with E-state index in [0.717, 1.165) is 11.1 Å². The molecule has 216 valence electrons. The Kier molecular flexibility index (Phi) is 9.23. The summed E-state index contributed by atoms with van der Waals surface area (Å²) in [5.41, 5.74) is 3.10. The second kappa shape index (κ2) is 12.9. The first kappa shape index (κ1) is 30.1. The molecular weight excluding hydrogens is 613 g/mol. The number of thiazole rings is 1.